The maximum absolute atomic E-state index is 13.4. The molecule has 0 aliphatic carbocycles. The number of carbonyl (C=O) groups excluding carboxylic acids is 1. The van der Waals surface area contributed by atoms with E-state index in [9.17, 15) is 26.4 Å². The second kappa shape index (κ2) is 9.12. The van der Waals surface area contributed by atoms with Crippen LogP contribution in [0.3, 0.4) is 0 Å². The molecule has 1 atom stereocenters. The molecule has 4 rings (SSSR count). The molecule has 13 heteroatoms. The summed E-state index contributed by atoms with van der Waals surface area (Å²) in [5.74, 6) is -0.569. The Labute approximate surface area is 197 Å². The SMILES string of the molecule is Cc1nc(-c2cc(S(=O)(=O)N3CCC[C@@H](C(=O)Nc4cccc(C(F)(F)F)c4)C3)c(C)s2)no1. The van der Waals surface area contributed by atoms with E-state index in [1.165, 1.54) is 33.8 Å². The number of halogens is 3. The van der Waals surface area contributed by atoms with Crippen LogP contribution in [0.25, 0.3) is 10.7 Å². The molecule has 1 aliphatic heterocycles. The Morgan fingerprint density at radius 2 is 2.03 bits per heavy atom. The fraction of sp³-hybridized carbons (Fsp3) is 0.381. The number of piperidine rings is 1. The molecule has 0 saturated carbocycles. The van der Waals surface area contributed by atoms with Crippen LogP contribution in [-0.4, -0.2) is 41.9 Å². The van der Waals surface area contributed by atoms with Crippen LogP contribution in [0.2, 0.25) is 0 Å². The van der Waals surface area contributed by atoms with Gasteiger partial charge < -0.3 is 9.84 Å². The lowest BCUT2D eigenvalue weighted by molar-refractivity contribution is -0.137. The number of sulfonamides is 1. The number of thiophene rings is 1. The highest BCUT2D eigenvalue weighted by atomic mass is 32.2. The predicted molar refractivity (Wildman–Crippen MR) is 119 cm³/mol. The third-order valence-corrected chi connectivity index (χ3v) is 8.62. The lowest BCUT2D eigenvalue weighted by Gasteiger charge is -2.31. The van der Waals surface area contributed by atoms with E-state index in [1.54, 1.807) is 13.8 Å². The van der Waals surface area contributed by atoms with Gasteiger partial charge in [-0.05, 0) is 44.0 Å². The van der Waals surface area contributed by atoms with E-state index >= 15 is 0 Å². The Morgan fingerprint density at radius 3 is 2.71 bits per heavy atom. The molecule has 3 aromatic rings. The van der Waals surface area contributed by atoms with Gasteiger partial charge in [-0.1, -0.05) is 11.2 Å². The maximum Gasteiger partial charge on any atom is 0.416 e. The Morgan fingerprint density at radius 1 is 1.26 bits per heavy atom. The minimum Gasteiger partial charge on any atom is -0.339 e. The van der Waals surface area contributed by atoms with E-state index in [0.717, 1.165) is 12.1 Å². The highest BCUT2D eigenvalue weighted by Gasteiger charge is 2.35. The standard InChI is InChI=1S/C21H21F3N4O4S2/c1-12-18(10-17(33-12)19-25-13(2)32-27-19)34(30,31)28-8-4-5-14(11-28)20(29)26-16-7-3-6-15(9-16)21(22,23)24/h3,6-7,9-10,14H,4-5,8,11H2,1-2H3,(H,26,29)/t14-/m1/s1. The molecule has 1 fully saturated rings. The lowest BCUT2D eigenvalue weighted by atomic mass is 9.98. The van der Waals surface area contributed by atoms with Gasteiger partial charge in [0, 0.05) is 30.6 Å². The molecule has 0 radical (unpaired) electrons. The van der Waals surface area contributed by atoms with E-state index in [1.807, 2.05) is 0 Å². The number of rotatable bonds is 5. The fourth-order valence-electron chi connectivity index (χ4n) is 3.76. The summed E-state index contributed by atoms with van der Waals surface area (Å²) in [6.07, 6.45) is -3.67. The summed E-state index contributed by atoms with van der Waals surface area (Å²) < 4.78 is 71.8. The topological polar surface area (TPSA) is 105 Å². The summed E-state index contributed by atoms with van der Waals surface area (Å²) in [7, 11) is -3.91. The minimum absolute atomic E-state index is 0.00790. The van der Waals surface area contributed by atoms with Crippen molar-refractivity contribution in [1.29, 1.82) is 0 Å². The molecule has 1 amide bonds. The van der Waals surface area contributed by atoms with E-state index in [-0.39, 0.29) is 23.7 Å². The molecule has 2 aromatic heterocycles. The van der Waals surface area contributed by atoms with Gasteiger partial charge in [0.1, 0.15) is 0 Å². The summed E-state index contributed by atoms with van der Waals surface area (Å²) in [4.78, 5) is 18.1. The first-order valence-electron chi connectivity index (χ1n) is 10.3. The molecule has 34 heavy (non-hydrogen) atoms. The number of benzene rings is 1. The van der Waals surface area contributed by atoms with Gasteiger partial charge in [-0.2, -0.15) is 22.5 Å². The Kier molecular flexibility index (Phi) is 6.53. The second-order valence-electron chi connectivity index (χ2n) is 7.94. The summed E-state index contributed by atoms with van der Waals surface area (Å²) in [5, 5.41) is 6.31. The Balaban J connectivity index is 1.50. The fourth-order valence-corrected chi connectivity index (χ4v) is 6.77. The summed E-state index contributed by atoms with van der Waals surface area (Å²) in [6.45, 7) is 3.48. The van der Waals surface area contributed by atoms with Crippen molar-refractivity contribution in [2.24, 2.45) is 5.92 Å². The van der Waals surface area contributed by atoms with E-state index < -0.39 is 33.6 Å². The number of anilines is 1. The van der Waals surface area contributed by atoms with Crippen molar-refractivity contribution in [3.8, 4) is 10.7 Å². The van der Waals surface area contributed by atoms with Crippen LogP contribution >= 0.6 is 11.3 Å². The maximum atomic E-state index is 13.4. The number of carbonyl (C=O) groups is 1. The zero-order valence-electron chi connectivity index (χ0n) is 18.2. The molecular formula is C21H21F3N4O4S2. The van der Waals surface area contributed by atoms with Crippen LogP contribution in [0.15, 0.2) is 39.8 Å². The second-order valence-corrected chi connectivity index (χ2v) is 11.1. The third-order valence-electron chi connectivity index (χ3n) is 5.45. The Hall–Kier alpha value is -2.77. The normalized spacial score (nSPS) is 17.6. The van der Waals surface area contributed by atoms with Crippen molar-refractivity contribution in [2.75, 3.05) is 18.4 Å². The number of amides is 1. The Bertz CT molecular complexity index is 1320. The van der Waals surface area contributed by atoms with Crippen LogP contribution in [0, 0.1) is 19.8 Å². The van der Waals surface area contributed by atoms with Gasteiger partial charge in [0.15, 0.2) is 0 Å². The first-order chi connectivity index (χ1) is 15.9. The van der Waals surface area contributed by atoms with Gasteiger partial charge >= 0.3 is 6.18 Å². The number of aryl methyl sites for hydroxylation is 2. The summed E-state index contributed by atoms with van der Waals surface area (Å²) in [5.41, 5.74) is -0.868. The highest BCUT2D eigenvalue weighted by molar-refractivity contribution is 7.89. The highest BCUT2D eigenvalue weighted by Crippen LogP contribution is 2.35. The molecular weight excluding hydrogens is 493 g/mol. The van der Waals surface area contributed by atoms with Crippen LogP contribution in [0.1, 0.15) is 29.2 Å². The first kappa shape index (κ1) is 24.4. The first-order valence-corrected chi connectivity index (χ1v) is 12.6. The van der Waals surface area contributed by atoms with Gasteiger partial charge in [0.25, 0.3) is 0 Å². The zero-order chi connectivity index (χ0) is 24.7. The number of hydrogen-bond acceptors (Lipinski definition) is 7. The van der Waals surface area contributed by atoms with Gasteiger partial charge in [0.2, 0.25) is 27.6 Å². The molecule has 0 unspecified atom stereocenters. The predicted octanol–water partition coefficient (Wildman–Crippen LogP) is 4.47. The van der Waals surface area contributed by atoms with Crippen molar-refractivity contribution < 1.29 is 30.9 Å². The van der Waals surface area contributed by atoms with Gasteiger partial charge in [-0.25, -0.2) is 8.42 Å². The summed E-state index contributed by atoms with van der Waals surface area (Å²) in [6, 6.07) is 5.83. The molecule has 1 N–H and O–H groups in total. The number of aromatic nitrogens is 2. The van der Waals surface area contributed by atoms with Gasteiger partial charge in [0.05, 0.1) is 21.3 Å². The van der Waals surface area contributed by atoms with Crippen molar-refractivity contribution in [3.05, 3.63) is 46.7 Å². The number of hydrogen-bond donors (Lipinski definition) is 1. The molecule has 3 heterocycles. The van der Waals surface area contributed by atoms with Crippen molar-refractivity contribution in [2.45, 2.75) is 37.8 Å². The smallest absolute Gasteiger partial charge is 0.339 e. The number of alkyl halides is 3. The number of nitrogens with one attached hydrogen (secondary N) is 1. The number of nitrogens with zero attached hydrogens (tertiary/aromatic N) is 3. The van der Waals surface area contributed by atoms with E-state index in [4.69, 9.17) is 4.52 Å². The van der Waals surface area contributed by atoms with E-state index in [0.29, 0.717) is 34.3 Å². The van der Waals surface area contributed by atoms with Crippen molar-refractivity contribution in [1.82, 2.24) is 14.4 Å². The monoisotopic (exact) mass is 514 g/mol. The lowest BCUT2D eigenvalue weighted by Crippen LogP contribution is -2.43. The molecule has 1 saturated heterocycles. The van der Waals surface area contributed by atoms with Crippen molar-refractivity contribution >= 4 is 33.0 Å². The quantitative estimate of drug-likeness (QED) is 0.539. The molecule has 1 aliphatic rings. The zero-order valence-corrected chi connectivity index (χ0v) is 19.9. The minimum atomic E-state index is -4.53. The van der Waals surface area contributed by atoms with Crippen LogP contribution < -0.4 is 5.32 Å². The third kappa shape index (κ3) is 5.00. The molecule has 1 aromatic carbocycles. The van der Waals surface area contributed by atoms with Crippen LogP contribution in [0.4, 0.5) is 18.9 Å². The molecule has 8 nitrogen and oxygen atoms in total. The van der Waals surface area contributed by atoms with Crippen LogP contribution in [-0.2, 0) is 21.0 Å². The largest absolute Gasteiger partial charge is 0.416 e. The molecule has 0 spiro atoms. The van der Waals surface area contributed by atoms with E-state index in [2.05, 4.69) is 15.5 Å². The molecule has 182 valence electrons. The average Bonchev–Trinajstić information content (AvgIpc) is 3.39. The van der Waals surface area contributed by atoms with Gasteiger partial charge in [-0.3, -0.25) is 4.79 Å². The van der Waals surface area contributed by atoms with Crippen LogP contribution in [0.5, 0.6) is 0 Å². The van der Waals surface area contributed by atoms with Crippen molar-refractivity contribution in [3.63, 3.8) is 0 Å². The van der Waals surface area contributed by atoms with Gasteiger partial charge in [-0.15, -0.1) is 11.3 Å². The summed E-state index contributed by atoms with van der Waals surface area (Å²) >= 11 is 1.22. The average molecular weight is 515 g/mol. The molecule has 0 bridgehead atoms.